The number of benzene rings is 2. The average molecular weight is 309 g/mol. The monoisotopic (exact) mass is 308 g/mol. The first-order valence-corrected chi connectivity index (χ1v) is 7.08. The molecule has 1 amide bonds. The van der Waals surface area contributed by atoms with Gasteiger partial charge in [0.25, 0.3) is 0 Å². The molecule has 1 heterocycles. The molecule has 2 aromatic carbocycles. The molecule has 3 N–H and O–H groups in total. The van der Waals surface area contributed by atoms with E-state index in [1.807, 2.05) is 0 Å². The van der Waals surface area contributed by atoms with E-state index < -0.39 is 6.04 Å². The Balaban J connectivity index is 1.99. The number of carbonyl (C=O) groups is 1. The number of carbonyl (C=O) groups excluding carboxylic acids is 1. The minimum Gasteiger partial charge on any atom is -0.324 e. The Morgan fingerprint density at radius 2 is 2.00 bits per heavy atom. The van der Waals surface area contributed by atoms with Crippen LogP contribution in [-0.2, 0) is 4.79 Å². The summed E-state index contributed by atoms with van der Waals surface area (Å²) >= 11 is 7.40. The maximum Gasteiger partial charge on any atom is 0.245 e. The summed E-state index contributed by atoms with van der Waals surface area (Å²) in [5.41, 5.74) is 7.04. The SMILES string of the molecule is NC1C(=O)Nc2cc(Sc3ccccc3F)c(Cl)cc21. The molecule has 20 heavy (non-hydrogen) atoms. The standard InChI is InChI=1S/C14H10ClFN2OS/c15-8-5-7-10(18-14(19)13(7)17)6-12(8)20-11-4-2-1-3-9(11)16/h1-6,13H,17H2,(H,18,19). The lowest BCUT2D eigenvalue weighted by Gasteiger charge is -2.08. The van der Waals surface area contributed by atoms with Crippen LogP contribution in [0.2, 0.25) is 5.02 Å². The van der Waals surface area contributed by atoms with Crippen LogP contribution in [0, 0.1) is 5.82 Å². The predicted octanol–water partition coefficient (Wildman–Crippen LogP) is 3.58. The highest BCUT2D eigenvalue weighted by atomic mass is 35.5. The number of hydrogen-bond acceptors (Lipinski definition) is 3. The highest BCUT2D eigenvalue weighted by Gasteiger charge is 2.28. The Labute approximate surface area is 124 Å². The summed E-state index contributed by atoms with van der Waals surface area (Å²) in [7, 11) is 0. The number of nitrogens with one attached hydrogen (secondary N) is 1. The topological polar surface area (TPSA) is 55.1 Å². The number of fused-ring (bicyclic) bond motifs is 1. The van der Waals surface area contributed by atoms with Crippen molar-refractivity contribution in [3.8, 4) is 0 Å². The highest BCUT2D eigenvalue weighted by Crippen LogP contribution is 2.41. The van der Waals surface area contributed by atoms with Gasteiger partial charge in [0.1, 0.15) is 11.9 Å². The van der Waals surface area contributed by atoms with Gasteiger partial charge in [-0.25, -0.2) is 4.39 Å². The predicted molar refractivity (Wildman–Crippen MR) is 77.5 cm³/mol. The molecule has 3 nitrogen and oxygen atoms in total. The van der Waals surface area contributed by atoms with Gasteiger partial charge in [0.15, 0.2) is 0 Å². The van der Waals surface area contributed by atoms with Crippen molar-refractivity contribution in [1.29, 1.82) is 0 Å². The van der Waals surface area contributed by atoms with Crippen LogP contribution in [0.3, 0.4) is 0 Å². The summed E-state index contributed by atoms with van der Waals surface area (Å²) in [5.74, 6) is -0.570. The van der Waals surface area contributed by atoms with Crippen molar-refractivity contribution in [3.63, 3.8) is 0 Å². The Morgan fingerprint density at radius 3 is 2.75 bits per heavy atom. The second kappa shape index (κ2) is 5.09. The summed E-state index contributed by atoms with van der Waals surface area (Å²) in [6.45, 7) is 0. The fourth-order valence-corrected chi connectivity index (χ4v) is 3.18. The van der Waals surface area contributed by atoms with Gasteiger partial charge < -0.3 is 11.1 Å². The maximum atomic E-state index is 13.7. The zero-order valence-electron chi connectivity index (χ0n) is 10.2. The molecule has 0 radical (unpaired) electrons. The second-order valence-electron chi connectivity index (χ2n) is 4.37. The van der Waals surface area contributed by atoms with Crippen molar-refractivity contribution in [2.45, 2.75) is 15.8 Å². The van der Waals surface area contributed by atoms with E-state index in [1.54, 1.807) is 30.3 Å². The van der Waals surface area contributed by atoms with Crippen molar-refractivity contribution < 1.29 is 9.18 Å². The lowest BCUT2D eigenvalue weighted by atomic mass is 10.1. The van der Waals surface area contributed by atoms with Crippen LogP contribution in [0.15, 0.2) is 46.2 Å². The normalized spacial score (nSPS) is 16.9. The molecule has 1 aliphatic heterocycles. The van der Waals surface area contributed by atoms with Crippen molar-refractivity contribution >= 4 is 35.0 Å². The smallest absolute Gasteiger partial charge is 0.245 e. The molecule has 0 bridgehead atoms. The fourth-order valence-electron chi connectivity index (χ4n) is 2.01. The van der Waals surface area contributed by atoms with Crippen LogP contribution < -0.4 is 11.1 Å². The van der Waals surface area contributed by atoms with Crippen molar-refractivity contribution in [2.75, 3.05) is 5.32 Å². The molecule has 1 unspecified atom stereocenters. The maximum absolute atomic E-state index is 13.7. The average Bonchev–Trinajstić information content (AvgIpc) is 2.69. The second-order valence-corrected chi connectivity index (χ2v) is 5.86. The van der Waals surface area contributed by atoms with Crippen LogP contribution in [0.4, 0.5) is 10.1 Å². The van der Waals surface area contributed by atoms with Crippen LogP contribution in [0.25, 0.3) is 0 Å². The lowest BCUT2D eigenvalue weighted by molar-refractivity contribution is -0.116. The van der Waals surface area contributed by atoms with E-state index >= 15 is 0 Å². The molecule has 1 aliphatic rings. The van der Waals surface area contributed by atoms with E-state index in [0.29, 0.717) is 26.1 Å². The molecule has 3 rings (SSSR count). The zero-order valence-corrected chi connectivity index (χ0v) is 11.8. The summed E-state index contributed by atoms with van der Waals surface area (Å²) in [6.07, 6.45) is 0. The summed E-state index contributed by atoms with van der Waals surface area (Å²) in [5, 5.41) is 3.13. The quantitative estimate of drug-likeness (QED) is 0.891. The highest BCUT2D eigenvalue weighted by molar-refractivity contribution is 7.99. The molecular formula is C14H10ClFN2OS. The van der Waals surface area contributed by atoms with E-state index in [2.05, 4.69) is 5.32 Å². The van der Waals surface area contributed by atoms with Crippen molar-refractivity contribution in [1.82, 2.24) is 0 Å². The molecule has 0 fully saturated rings. The lowest BCUT2D eigenvalue weighted by Crippen LogP contribution is -2.19. The fraction of sp³-hybridized carbons (Fsp3) is 0.0714. The number of hydrogen-bond donors (Lipinski definition) is 2. The van der Waals surface area contributed by atoms with Crippen LogP contribution in [-0.4, -0.2) is 5.91 Å². The van der Waals surface area contributed by atoms with Crippen molar-refractivity contribution in [2.24, 2.45) is 5.73 Å². The van der Waals surface area contributed by atoms with Crippen LogP contribution >= 0.6 is 23.4 Å². The van der Waals surface area contributed by atoms with Gasteiger partial charge in [0, 0.05) is 21.0 Å². The number of halogens is 2. The van der Waals surface area contributed by atoms with E-state index in [-0.39, 0.29) is 11.7 Å². The molecule has 0 spiro atoms. The molecular weight excluding hydrogens is 299 g/mol. The molecule has 0 aromatic heterocycles. The molecule has 2 aromatic rings. The van der Waals surface area contributed by atoms with Gasteiger partial charge in [-0.1, -0.05) is 35.5 Å². The number of rotatable bonds is 2. The molecule has 0 aliphatic carbocycles. The molecule has 102 valence electrons. The minimum absolute atomic E-state index is 0.260. The van der Waals surface area contributed by atoms with Crippen molar-refractivity contribution in [3.05, 3.63) is 52.8 Å². The third-order valence-corrected chi connectivity index (χ3v) is 4.57. The van der Waals surface area contributed by atoms with Gasteiger partial charge in [0.2, 0.25) is 5.91 Å². The Morgan fingerprint density at radius 1 is 1.25 bits per heavy atom. The van der Waals surface area contributed by atoms with Gasteiger partial charge in [-0.05, 0) is 24.3 Å². The first-order valence-electron chi connectivity index (χ1n) is 5.88. The van der Waals surface area contributed by atoms with Gasteiger partial charge in [-0.3, -0.25) is 4.79 Å². The largest absolute Gasteiger partial charge is 0.324 e. The molecule has 6 heteroatoms. The Kier molecular flexibility index (Phi) is 3.41. The van der Waals surface area contributed by atoms with E-state index in [0.717, 1.165) is 0 Å². The van der Waals surface area contributed by atoms with Gasteiger partial charge >= 0.3 is 0 Å². The van der Waals surface area contributed by atoms with Crippen LogP contribution in [0.1, 0.15) is 11.6 Å². The third-order valence-electron chi connectivity index (χ3n) is 3.04. The molecule has 0 saturated carbocycles. The Hall–Kier alpha value is -1.56. The summed E-state index contributed by atoms with van der Waals surface area (Å²) in [6, 6.07) is 9.12. The summed E-state index contributed by atoms with van der Waals surface area (Å²) in [4.78, 5) is 12.7. The minimum atomic E-state index is -0.699. The number of amides is 1. The molecule has 0 saturated heterocycles. The third kappa shape index (κ3) is 2.28. The first kappa shape index (κ1) is 13.4. The number of anilines is 1. The number of nitrogens with two attached hydrogens (primary N) is 1. The molecule has 1 atom stereocenters. The Bertz CT molecular complexity index is 708. The van der Waals surface area contributed by atoms with Gasteiger partial charge in [0.05, 0.1) is 5.02 Å². The van der Waals surface area contributed by atoms with E-state index in [4.69, 9.17) is 17.3 Å². The van der Waals surface area contributed by atoms with E-state index in [9.17, 15) is 9.18 Å². The van der Waals surface area contributed by atoms with Crippen LogP contribution in [0.5, 0.6) is 0 Å². The first-order chi connectivity index (χ1) is 9.56. The van der Waals surface area contributed by atoms with E-state index in [1.165, 1.54) is 17.8 Å². The van der Waals surface area contributed by atoms with Gasteiger partial charge in [-0.15, -0.1) is 0 Å². The summed E-state index contributed by atoms with van der Waals surface area (Å²) < 4.78 is 13.7. The zero-order chi connectivity index (χ0) is 14.3. The van der Waals surface area contributed by atoms with Gasteiger partial charge in [-0.2, -0.15) is 0 Å².